The van der Waals surface area contributed by atoms with E-state index < -0.39 is 14.6 Å². The van der Waals surface area contributed by atoms with Gasteiger partial charge in [-0.05, 0) is 32.8 Å². The Labute approximate surface area is 108 Å². The van der Waals surface area contributed by atoms with Crippen molar-refractivity contribution in [2.24, 2.45) is 5.84 Å². The normalized spacial score (nSPS) is 14.7. The first-order chi connectivity index (χ1) is 8.22. The zero-order valence-corrected chi connectivity index (χ0v) is 12.2. The second kappa shape index (κ2) is 5.38. The van der Waals surface area contributed by atoms with Crippen molar-refractivity contribution in [2.75, 3.05) is 6.26 Å². The van der Waals surface area contributed by atoms with Gasteiger partial charge in [-0.15, -0.1) is 0 Å². The second-order valence-corrected chi connectivity index (χ2v) is 7.60. The summed E-state index contributed by atoms with van der Waals surface area (Å²) >= 11 is 0. The number of nitrogens with zero attached hydrogens (tertiary/aromatic N) is 2. The van der Waals surface area contributed by atoms with Crippen LogP contribution in [0.5, 0.6) is 0 Å². The Morgan fingerprint density at radius 1 is 1.56 bits per heavy atom. The third kappa shape index (κ3) is 3.09. The number of rotatable bonds is 6. The molecule has 1 heterocycles. The van der Waals surface area contributed by atoms with Crippen molar-refractivity contribution in [3.63, 3.8) is 0 Å². The van der Waals surface area contributed by atoms with E-state index in [1.165, 1.54) is 6.26 Å². The van der Waals surface area contributed by atoms with E-state index in [0.29, 0.717) is 6.42 Å². The van der Waals surface area contributed by atoms with Crippen LogP contribution in [0.4, 0.5) is 0 Å². The molecule has 7 heteroatoms. The molecule has 0 amide bonds. The van der Waals surface area contributed by atoms with E-state index in [0.717, 1.165) is 12.1 Å². The Morgan fingerprint density at radius 3 is 2.56 bits per heavy atom. The Morgan fingerprint density at radius 2 is 2.17 bits per heavy atom. The summed E-state index contributed by atoms with van der Waals surface area (Å²) in [6.45, 7) is 6.14. The number of aryl methyl sites for hydroxylation is 1. The van der Waals surface area contributed by atoms with Crippen LogP contribution in [0, 0.1) is 0 Å². The first kappa shape index (κ1) is 15.1. The number of hydrogen-bond acceptors (Lipinski definition) is 5. The molecule has 0 aromatic carbocycles. The van der Waals surface area contributed by atoms with Crippen LogP contribution in [0.25, 0.3) is 0 Å². The van der Waals surface area contributed by atoms with Crippen molar-refractivity contribution in [3.05, 3.63) is 18.0 Å². The Hall–Kier alpha value is -0.920. The van der Waals surface area contributed by atoms with E-state index in [9.17, 15) is 8.42 Å². The van der Waals surface area contributed by atoms with Gasteiger partial charge in [-0.25, -0.2) is 8.42 Å². The minimum absolute atomic E-state index is 0.359. The summed E-state index contributed by atoms with van der Waals surface area (Å²) in [6.07, 6.45) is 5.40. The van der Waals surface area contributed by atoms with E-state index in [1.54, 1.807) is 24.7 Å². The molecular formula is C11H22N4O2S. The van der Waals surface area contributed by atoms with Crippen LogP contribution in [0.2, 0.25) is 0 Å². The molecule has 1 aromatic heterocycles. The van der Waals surface area contributed by atoms with Gasteiger partial charge in [-0.2, -0.15) is 5.10 Å². The van der Waals surface area contributed by atoms with Gasteiger partial charge in [0, 0.05) is 25.0 Å². The molecule has 1 rings (SSSR count). The average molecular weight is 274 g/mol. The lowest BCUT2D eigenvalue weighted by atomic mass is 9.98. The van der Waals surface area contributed by atoms with Gasteiger partial charge < -0.3 is 0 Å². The first-order valence-corrected chi connectivity index (χ1v) is 7.78. The van der Waals surface area contributed by atoms with Gasteiger partial charge in [0.25, 0.3) is 0 Å². The van der Waals surface area contributed by atoms with Gasteiger partial charge in [0.15, 0.2) is 9.84 Å². The first-order valence-electron chi connectivity index (χ1n) is 5.89. The van der Waals surface area contributed by atoms with Gasteiger partial charge >= 0.3 is 0 Å². The lowest BCUT2D eigenvalue weighted by molar-refractivity contribution is 0.413. The van der Waals surface area contributed by atoms with Gasteiger partial charge in [0.1, 0.15) is 0 Å². The molecule has 1 aromatic rings. The highest BCUT2D eigenvalue weighted by atomic mass is 32.2. The molecule has 1 atom stereocenters. The molecule has 18 heavy (non-hydrogen) atoms. The SMILES string of the molecule is CCn1cc(CC(NN)C(C)(C)S(C)(=O)=O)cn1. The summed E-state index contributed by atoms with van der Waals surface area (Å²) in [4.78, 5) is 0. The van der Waals surface area contributed by atoms with Crippen LogP contribution in [-0.4, -0.2) is 35.2 Å². The highest BCUT2D eigenvalue weighted by Gasteiger charge is 2.38. The minimum atomic E-state index is -3.20. The smallest absolute Gasteiger partial charge is 0.154 e. The van der Waals surface area contributed by atoms with Crippen molar-refractivity contribution in [1.82, 2.24) is 15.2 Å². The van der Waals surface area contributed by atoms with Crippen LogP contribution in [-0.2, 0) is 22.8 Å². The Kier molecular flexibility index (Phi) is 4.52. The van der Waals surface area contributed by atoms with E-state index in [1.807, 2.05) is 13.1 Å². The molecule has 0 spiro atoms. The maximum absolute atomic E-state index is 11.8. The summed E-state index contributed by atoms with van der Waals surface area (Å²) < 4.78 is 24.4. The van der Waals surface area contributed by atoms with Gasteiger partial charge in [0.2, 0.25) is 0 Å². The number of hydrazine groups is 1. The maximum Gasteiger partial charge on any atom is 0.154 e. The molecule has 6 nitrogen and oxygen atoms in total. The average Bonchev–Trinajstić information content (AvgIpc) is 2.71. The number of nitrogens with one attached hydrogen (secondary N) is 1. The molecule has 0 aliphatic carbocycles. The maximum atomic E-state index is 11.8. The third-order valence-corrected chi connectivity index (χ3v) is 5.64. The summed E-state index contributed by atoms with van der Waals surface area (Å²) in [5.41, 5.74) is 3.58. The fourth-order valence-electron chi connectivity index (χ4n) is 1.68. The fourth-order valence-corrected chi connectivity index (χ4v) is 2.35. The summed E-state index contributed by atoms with van der Waals surface area (Å²) in [7, 11) is -3.20. The second-order valence-electron chi connectivity index (χ2n) is 5.00. The number of nitrogens with two attached hydrogens (primary N) is 1. The van der Waals surface area contributed by atoms with Crippen LogP contribution in [0.1, 0.15) is 26.3 Å². The molecule has 0 radical (unpaired) electrons. The van der Waals surface area contributed by atoms with Gasteiger partial charge in [0.05, 0.1) is 10.9 Å². The van der Waals surface area contributed by atoms with Crippen molar-refractivity contribution >= 4 is 9.84 Å². The van der Waals surface area contributed by atoms with Crippen LogP contribution in [0.3, 0.4) is 0 Å². The van der Waals surface area contributed by atoms with Crippen molar-refractivity contribution in [3.8, 4) is 0 Å². The monoisotopic (exact) mass is 274 g/mol. The molecule has 1 unspecified atom stereocenters. The summed E-state index contributed by atoms with van der Waals surface area (Å²) in [5, 5.41) is 4.16. The Balaban J connectivity index is 2.92. The molecule has 0 saturated carbocycles. The summed E-state index contributed by atoms with van der Waals surface area (Å²) in [6, 6.07) is -0.359. The quantitative estimate of drug-likeness (QED) is 0.567. The zero-order chi connectivity index (χ0) is 14.0. The molecular weight excluding hydrogens is 252 g/mol. The zero-order valence-electron chi connectivity index (χ0n) is 11.3. The molecule has 0 saturated heterocycles. The fraction of sp³-hybridized carbons (Fsp3) is 0.727. The number of aromatic nitrogens is 2. The minimum Gasteiger partial charge on any atom is -0.273 e. The highest BCUT2D eigenvalue weighted by molar-refractivity contribution is 7.92. The molecule has 0 bridgehead atoms. The Bertz CT molecular complexity index is 493. The topological polar surface area (TPSA) is 90.0 Å². The van der Waals surface area contributed by atoms with Crippen molar-refractivity contribution in [2.45, 2.75) is 44.5 Å². The van der Waals surface area contributed by atoms with Crippen molar-refractivity contribution < 1.29 is 8.42 Å². The molecule has 3 N–H and O–H groups in total. The van der Waals surface area contributed by atoms with E-state index in [2.05, 4.69) is 10.5 Å². The summed E-state index contributed by atoms with van der Waals surface area (Å²) in [5.74, 6) is 5.50. The molecule has 0 aliphatic heterocycles. The van der Waals surface area contributed by atoms with Crippen molar-refractivity contribution in [1.29, 1.82) is 0 Å². The molecule has 104 valence electrons. The number of hydrogen-bond donors (Lipinski definition) is 2. The van der Waals surface area contributed by atoms with Crippen LogP contribution in [0.15, 0.2) is 12.4 Å². The lowest BCUT2D eigenvalue weighted by Gasteiger charge is -2.31. The molecule has 0 aliphatic rings. The standard InChI is InChI=1S/C11H22N4O2S/c1-5-15-8-9(7-13-15)6-10(14-12)11(2,3)18(4,16)17/h7-8,10,14H,5-6,12H2,1-4H3. The molecule has 0 fully saturated rings. The predicted molar refractivity (Wildman–Crippen MR) is 71.6 cm³/mol. The van der Waals surface area contributed by atoms with Crippen LogP contribution >= 0.6 is 0 Å². The lowest BCUT2D eigenvalue weighted by Crippen LogP contribution is -2.55. The predicted octanol–water partition coefficient (Wildman–Crippen LogP) is 0.101. The van der Waals surface area contributed by atoms with E-state index in [4.69, 9.17) is 5.84 Å². The van der Waals surface area contributed by atoms with Crippen LogP contribution < -0.4 is 11.3 Å². The number of sulfone groups is 1. The van der Waals surface area contributed by atoms with E-state index in [-0.39, 0.29) is 6.04 Å². The van der Waals surface area contributed by atoms with Gasteiger partial charge in [-0.3, -0.25) is 16.0 Å². The largest absolute Gasteiger partial charge is 0.273 e. The van der Waals surface area contributed by atoms with Gasteiger partial charge in [-0.1, -0.05) is 0 Å². The third-order valence-electron chi connectivity index (χ3n) is 3.45. The van der Waals surface area contributed by atoms with E-state index >= 15 is 0 Å². The highest BCUT2D eigenvalue weighted by Crippen LogP contribution is 2.22.